The number of methoxy groups -OCH3 is 1. The minimum atomic E-state index is -0.413. The van der Waals surface area contributed by atoms with Gasteiger partial charge < -0.3 is 15.2 Å². The number of aromatic hydroxyl groups is 1. The van der Waals surface area contributed by atoms with Gasteiger partial charge in [0.15, 0.2) is 5.78 Å². The maximum Gasteiger partial charge on any atom is 0.163 e. The Morgan fingerprint density at radius 1 is 1.50 bits per heavy atom. The number of hydrogen-bond acceptors (Lipinski definition) is 5. The Bertz CT molecular complexity index is 566. The van der Waals surface area contributed by atoms with E-state index in [1.807, 2.05) is 26.8 Å². The standard InChI is InChI=1S/C15H20N2O3/c1-9(18)10-8-11(17-7-6-16)14(20-5)12(13(10)19)15(2,3)4/h8,17,19H,7H2,1-5H3. The van der Waals surface area contributed by atoms with E-state index in [9.17, 15) is 9.90 Å². The van der Waals surface area contributed by atoms with Crippen LogP contribution >= 0.6 is 0 Å². The van der Waals surface area contributed by atoms with Gasteiger partial charge in [-0.25, -0.2) is 0 Å². The van der Waals surface area contributed by atoms with Crippen LogP contribution in [-0.4, -0.2) is 24.5 Å². The third-order valence-electron chi connectivity index (χ3n) is 2.94. The number of Topliss-reactive ketones (excluding diaryl/α,β-unsaturated/α-hetero) is 1. The molecule has 5 heteroatoms. The highest BCUT2D eigenvalue weighted by molar-refractivity contribution is 5.99. The second-order valence-electron chi connectivity index (χ2n) is 5.55. The zero-order valence-corrected chi connectivity index (χ0v) is 12.5. The fourth-order valence-corrected chi connectivity index (χ4v) is 2.10. The molecule has 1 aromatic rings. The van der Waals surface area contributed by atoms with Crippen LogP contribution in [0, 0.1) is 11.3 Å². The molecule has 2 N–H and O–H groups in total. The van der Waals surface area contributed by atoms with Gasteiger partial charge in [0.05, 0.1) is 24.4 Å². The third-order valence-corrected chi connectivity index (χ3v) is 2.94. The number of hydrogen-bond donors (Lipinski definition) is 2. The van der Waals surface area contributed by atoms with Crippen molar-refractivity contribution in [3.63, 3.8) is 0 Å². The number of benzene rings is 1. The monoisotopic (exact) mass is 276 g/mol. The molecule has 0 saturated carbocycles. The number of ketones is 1. The second kappa shape index (κ2) is 5.83. The first kappa shape index (κ1) is 15.8. The zero-order valence-electron chi connectivity index (χ0n) is 12.5. The Kier molecular flexibility index (Phi) is 4.61. The first-order chi connectivity index (χ1) is 9.23. The number of phenols is 1. The van der Waals surface area contributed by atoms with Crippen molar-refractivity contribution in [2.45, 2.75) is 33.1 Å². The van der Waals surface area contributed by atoms with Crippen LogP contribution in [0.15, 0.2) is 6.07 Å². The maximum atomic E-state index is 11.7. The van der Waals surface area contributed by atoms with E-state index in [1.54, 1.807) is 0 Å². The summed E-state index contributed by atoms with van der Waals surface area (Å²) < 4.78 is 5.37. The van der Waals surface area contributed by atoms with Gasteiger partial charge in [0.2, 0.25) is 0 Å². The molecule has 1 rings (SSSR count). The summed E-state index contributed by atoms with van der Waals surface area (Å²) in [5.41, 5.74) is 0.885. The summed E-state index contributed by atoms with van der Waals surface area (Å²) in [7, 11) is 1.50. The predicted molar refractivity (Wildman–Crippen MR) is 77.5 cm³/mol. The lowest BCUT2D eigenvalue weighted by atomic mass is 9.83. The minimum Gasteiger partial charge on any atom is -0.507 e. The molecule has 0 atom stereocenters. The molecule has 0 fully saturated rings. The molecule has 0 spiro atoms. The Morgan fingerprint density at radius 3 is 2.50 bits per heavy atom. The molecule has 1 aromatic carbocycles. The first-order valence-corrected chi connectivity index (χ1v) is 6.30. The second-order valence-corrected chi connectivity index (χ2v) is 5.55. The maximum absolute atomic E-state index is 11.7. The Labute approximate surface area is 119 Å². The predicted octanol–water partition coefficient (Wildman–Crippen LogP) is 2.84. The number of carbonyl (C=O) groups is 1. The van der Waals surface area contributed by atoms with Crippen LogP contribution in [-0.2, 0) is 5.41 Å². The molecule has 108 valence electrons. The SMILES string of the molecule is COc1c(NCC#N)cc(C(C)=O)c(O)c1C(C)(C)C. The van der Waals surface area contributed by atoms with Gasteiger partial charge in [-0.05, 0) is 18.4 Å². The van der Waals surface area contributed by atoms with E-state index >= 15 is 0 Å². The molecule has 0 bridgehead atoms. The summed E-state index contributed by atoms with van der Waals surface area (Å²) in [6.45, 7) is 7.23. The van der Waals surface area contributed by atoms with Crippen molar-refractivity contribution in [1.29, 1.82) is 5.26 Å². The number of nitrogens with one attached hydrogen (secondary N) is 1. The minimum absolute atomic E-state index is 0.0654. The van der Waals surface area contributed by atoms with E-state index in [2.05, 4.69) is 5.32 Å². The van der Waals surface area contributed by atoms with Gasteiger partial charge in [-0.3, -0.25) is 4.79 Å². The van der Waals surface area contributed by atoms with Crippen LogP contribution in [0.3, 0.4) is 0 Å². The fraction of sp³-hybridized carbons (Fsp3) is 0.467. The van der Waals surface area contributed by atoms with Crippen LogP contribution in [0.2, 0.25) is 0 Å². The number of anilines is 1. The number of rotatable bonds is 4. The summed E-state index contributed by atoms with van der Waals surface area (Å²) in [5.74, 6) is 0.148. The van der Waals surface area contributed by atoms with Crippen molar-refractivity contribution in [2.24, 2.45) is 0 Å². The van der Waals surface area contributed by atoms with Gasteiger partial charge in [-0.15, -0.1) is 0 Å². The van der Waals surface area contributed by atoms with Crippen LogP contribution in [0.5, 0.6) is 11.5 Å². The summed E-state index contributed by atoms with van der Waals surface area (Å²) in [4.78, 5) is 11.7. The molecule has 20 heavy (non-hydrogen) atoms. The number of nitrogens with zero attached hydrogens (tertiary/aromatic N) is 1. The van der Waals surface area contributed by atoms with E-state index in [-0.39, 0.29) is 23.6 Å². The lowest BCUT2D eigenvalue weighted by Crippen LogP contribution is -2.16. The summed E-state index contributed by atoms with van der Waals surface area (Å²) in [6, 6.07) is 3.49. The third kappa shape index (κ3) is 3.02. The van der Waals surface area contributed by atoms with Crippen molar-refractivity contribution in [3.8, 4) is 17.6 Å². The highest BCUT2D eigenvalue weighted by Crippen LogP contribution is 2.45. The highest BCUT2D eigenvalue weighted by Gasteiger charge is 2.28. The van der Waals surface area contributed by atoms with Gasteiger partial charge in [0.25, 0.3) is 0 Å². The lowest BCUT2D eigenvalue weighted by Gasteiger charge is -2.26. The molecular weight excluding hydrogens is 256 g/mol. The molecule has 0 unspecified atom stereocenters. The number of carbonyl (C=O) groups excluding carboxylic acids is 1. The van der Waals surface area contributed by atoms with Crippen molar-refractivity contribution in [1.82, 2.24) is 0 Å². The number of phenolic OH excluding ortho intramolecular Hbond substituents is 1. The van der Waals surface area contributed by atoms with E-state index < -0.39 is 5.41 Å². The van der Waals surface area contributed by atoms with E-state index in [0.29, 0.717) is 17.0 Å². The van der Waals surface area contributed by atoms with E-state index in [4.69, 9.17) is 10.00 Å². The zero-order chi connectivity index (χ0) is 15.5. The quantitative estimate of drug-likeness (QED) is 0.502. The molecule has 5 nitrogen and oxygen atoms in total. The summed E-state index contributed by atoms with van der Waals surface area (Å²) in [5, 5.41) is 21.9. The van der Waals surface area contributed by atoms with Crippen molar-refractivity contribution in [2.75, 3.05) is 19.0 Å². The molecule has 0 saturated heterocycles. The number of ether oxygens (including phenoxy) is 1. The fourth-order valence-electron chi connectivity index (χ4n) is 2.10. The van der Waals surface area contributed by atoms with Crippen LogP contribution in [0.25, 0.3) is 0 Å². The molecule has 0 aliphatic rings. The van der Waals surface area contributed by atoms with Gasteiger partial charge in [0.1, 0.15) is 18.0 Å². The lowest BCUT2D eigenvalue weighted by molar-refractivity contribution is 0.101. The Morgan fingerprint density at radius 2 is 2.10 bits per heavy atom. The van der Waals surface area contributed by atoms with Crippen LogP contribution < -0.4 is 10.1 Å². The number of nitriles is 1. The molecule has 0 radical (unpaired) electrons. The highest BCUT2D eigenvalue weighted by atomic mass is 16.5. The van der Waals surface area contributed by atoms with Crippen LogP contribution in [0.4, 0.5) is 5.69 Å². The summed E-state index contributed by atoms with van der Waals surface area (Å²) in [6.07, 6.45) is 0. The molecule has 0 amide bonds. The van der Waals surface area contributed by atoms with Gasteiger partial charge in [-0.2, -0.15) is 5.26 Å². The molecule has 0 aromatic heterocycles. The Balaban J connectivity index is 3.65. The van der Waals surface area contributed by atoms with E-state index in [1.165, 1.54) is 20.1 Å². The molecular formula is C15H20N2O3. The topological polar surface area (TPSA) is 82.3 Å². The average molecular weight is 276 g/mol. The summed E-state index contributed by atoms with van der Waals surface area (Å²) >= 11 is 0. The molecule has 0 aliphatic heterocycles. The largest absolute Gasteiger partial charge is 0.507 e. The molecule has 0 aliphatic carbocycles. The Hall–Kier alpha value is -2.22. The smallest absolute Gasteiger partial charge is 0.163 e. The van der Waals surface area contributed by atoms with Crippen molar-refractivity contribution < 1.29 is 14.6 Å². The normalized spacial score (nSPS) is 10.8. The first-order valence-electron chi connectivity index (χ1n) is 6.30. The van der Waals surface area contributed by atoms with Gasteiger partial charge in [0, 0.05) is 5.56 Å². The van der Waals surface area contributed by atoms with Crippen molar-refractivity contribution in [3.05, 3.63) is 17.2 Å². The molecule has 0 heterocycles. The van der Waals surface area contributed by atoms with Crippen LogP contribution in [0.1, 0.15) is 43.6 Å². The average Bonchev–Trinajstić information content (AvgIpc) is 2.34. The van der Waals surface area contributed by atoms with Crippen molar-refractivity contribution >= 4 is 11.5 Å². The van der Waals surface area contributed by atoms with Gasteiger partial charge in [-0.1, -0.05) is 20.8 Å². The van der Waals surface area contributed by atoms with Gasteiger partial charge >= 0.3 is 0 Å². The van der Waals surface area contributed by atoms with E-state index in [0.717, 1.165) is 0 Å².